The van der Waals surface area contributed by atoms with Gasteiger partial charge >= 0.3 is 0 Å². The normalized spacial score (nSPS) is 10.7. The highest BCUT2D eigenvalue weighted by molar-refractivity contribution is 6.39. The minimum Gasteiger partial charge on any atom is -0.492 e. The molecule has 2 aromatic carbocycles. The fourth-order valence-corrected chi connectivity index (χ4v) is 2.57. The smallest absolute Gasteiger partial charge is 0.238 e. The average Bonchev–Trinajstić information content (AvgIpc) is 2.53. The topological polar surface area (TPSA) is 41.6 Å². The number of rotatable bonds is 7. The Kier molecular flexibility index (Phi) is 6.91. The van der Waals surface area contributed by atoms with Gasteiger partial charge in [0.2, 0.25) is 5.91 Å². The number of anilines is 1. The summed E-state index contributed by atoms with van der Waals surface area (Å²) in [6.07, 6.45) is 0. The quantitative estimate of drug-likeness (QED) is 0.796. The van der Waals surface area contributed by atoms with E-state index in [9.17, 15) is 4.79 Å². The number of likely N-dealkylation sites (N-methyl/N-ethyl adjacent to an activating group) is 1. The molecule has 0 unspecified atom stereocenters. The number of nitrogens with zero attached hydrogens (tertiary/aromatic N) is 1. The van der Waals surface area contributed by atoms with E-state index in [1.165, 1.54) is 5.56 Å². The SMILES string of the molecule is Cc1ccc(OCCN(C)CC(=O)Nc2c(Cl)cccc2Cl)cc1. The van der Waals surface area contributed by atoms with Crippen LogP contribution in [0.1, 0.15) is 5.56 Å². The summed E-state index contributed by atoms with van der Waals surface area (Å²) in [6.45, 7) is 3.37. The molecule has 2 rings (SSSR count). The summed E-state index contributed by atoms with van der Waals surface area (Å²) in [4.78, 5) is 14.0. The number of carbonyl (C=O) groups is 1. The zero-order chi connectivity index (χ0) is 17.5. The largest absolute Gasteiger partial charge is 0.492 e. The van der Waals surface area contributed by atoms with E-state index in [2.05, 4.69) is 5.32 Å². The first-order valence-corrected chi connectivity index (χ1v) is 8.33. The number of ether oxygens (including phenoxy) is 1. The van der Waals surface area contributed by atoms with Gasteiger partial charge in [-0.15, -0.1) is 0 Å². The third-order valence-corrected chi connectivity index (χ3v) is 4.03. The van der Waals surface area contributed by atoms with Gasteiger partial charge in [-0.2, -0.15) is 0 Å². The third-order valence-electron chi connectivity index (χ3n) is 3.40. The lowest BCUT2D eigenvalue weighted by Gasteiger charge is -2.17. The maximum Gasteiger partial charge on any atom is 0.238 e. The van der Waals surface area contributed by atoms with Gasteiger partial charge in [-0.25, -0.2) is 0 Å². The first-order valence-electron chi connectivity index (χ1n) is 7.57. The van der Waals surface area contributed by atoms with Gasteiger partial charge in [-0.05, 0) is 38.2 Å². The van der Waals surface area contributed by atoms with Crippen LogP contribution in [-0.4, -0.2) is 37.6 Å². The van der Waals surface area contributed by atoms with Crippen molar-refractivity contribution < 1.29 is 9.53 Å². The highest BCUT2D eigenvalue weighted by Crippen LogP contribution is 2.29. The summed E-state index contributed by atoms with van der Waals surface area (Å²) >= 11 is 12.1. The summed E-state index contributed by atoms with van der Waals surface area (Å²) < 4.78 is 5.65. The van der Waals surface area contributed by atoms with E-state index < -0.39 is 0 Å². The molecule has 0 aromatic heterocycles. The predicted molar refractivity (Wildman–Crippen MR) is 99.3 cm³/mol. The van der Waals surface area contributed by atoms with E-state index in [1.807, 2.05) is 43.1 Å². The van der Waals surface area contributed by atoms with Crippen LogP contribution in [0.2, 0.25) is 10.0 Å². The number of halogens is 2. The number of hydrogen-bond donors (Lipinski definition) is 1. The Hall–Kier alpha value is -1.75. The zero-order valence-electron chi connectivity index (χ0n) is 13.7. The van der Waals surface area contributed by atoms with Gasteiger partial charge in [0, 0.05) is 6.54 Å². The van der Waals surface area contributed by atoms with Crippen molar-refractivity contribution in [1.82, 2.24) is 4.90 Å². The standard InChI is InChI=1S/C18H20Cl2N2O2/c1-13-6-8-14(9-7-13)24-11-10-22(2)12-17(23)21-18-15(19)4-3-5-16(18)20/h3-9H,10-12H2,1-2H3,(H,21,23). The highest BCUT2D eigenvalue weighted by Gasteiger charge is 2.11. The first kappa shape index (κ1) is 18.6. The van der Waals surface area contributed by atoms with E-state index in [0.717, 1.165) is 5.75 Å². The van der Waals surface area contributed by atoms with Crippen molar-refractivity contribution in [2.75, 3.05) is 32.1 Å². The molecule has 24 heavy (non-hydrogen) atoms. The van der Waals surface area contributed by atoms with Crippen LogP contribution in [-0.2, 0) is 4.79 Å². The lowest BCUT2D eigenvalue weighted by Crippen LogP contribution is -2.33. The molecule has 0 aliphatic carbocycles. The van der Waals surface area contributed by atoms with Crippen LogP contribution >= 0.6 is 23.2 Å². The molecule has 0 bridgehead atoms. The fourth-order valence-electron chi connectivity index (χ4n) is 2.07. The molecule has 1 amide bonds. The summed E-state index contributed by atoms with van der Waals surface area (Å²) in [7, 11) is 1.85. The van der Waals surface area contributed by atoms with Gasteiger partial charge in [0.15, 0.2) is 0 Å². The maximum absolute atomic E-state index is 12.1. The Labute approximate surface area is 152 Å². The molecular weight excluding hydrogens is 347 g/mol. The van der Waals surface area contributed by atoms with E-state index in [4.69, 9.17) is 27.9 Å². The first-order chi connectivity index (χ1) is 11.5. The second-order valence-corrected chi connectivity index (χ2v) is 6.36. The van der Waals surface area contributed by atoms with Gasteiger partial charge < -0.3 is 10.1 Å². The number of hydrogen-bond acceptors (Lipinski definition) is 3. The fraction of sp³-hybridized carbons (Fsp3) is 0.278. The summed E-state index contributed by atoms with van der Waals surface area (Å²) in [5.41, 5.74) is 1.63. The number of carbonyl (C=O) groups excluding carboxylic acids is 1. The third kappa shape index (κ3) is 5.71. The number of aryl methyl sites for hydroxylation is 1. The molecule has 1 N–H and O–H groups in total. The van der Waals surface area contributed by atoms with E-state index >= 15 is 0 Å². The molecule has 128 valence electrons. The van der Waals surface area contributed by atoms with E-state index in [0.29, 0.717) is 28.9 Å². The van der Waals surface area contributed by atoms with Gasteiger partial charge in [0.05, 0.1) is 22.3 Å². The molecule has 2 aromatic rings. The van der Waals surface area contributed by atoms with Gasteiger partial charge in [0.25, 0.3) is 0 Å². The second kappa shape index (κ2) is 8.92. The number of nitrogens with one attached hydrogen (secondary N) is 1. The second-order valence-electron chi connectivity index (χ2n) is 5.54. The molecule has 0 spiro atoms. The molecule has 0 saturated heterocycles. The monoisotopic (exact) mass is 366 g/mol. The molecule has 0 aliphatic heterocycles. The number of amides is 1. The molecule has 0 fully saturated rings. The zero-order valence-corrected chi connectivity index (χ0v) is 15.2. The number of para-hydroxylation sites is 1. The minimum atomic E-state index is -0.178. The number of benzene rings is 2. The van der Waals surface area contributed by atoms with Crippen LogP contribution < -0.4 is 10.1 Å². The Morgan fingerprint density at radius 2 is 1.75 bits per heavy atom. The van der Waals surface area contributed by atoms with Crippen molar-refractivity contribution in [1.29, 1.82) is 0 Å². The maximum atomic E-state index is 12.1. The molecule has 4 nitrogen and oxygen atoms in total. The van der Waals surface area contributed by atoms with Crippen LogP contribution in [0.3, 0.4) is 0 Å². The summed E-state index contributed by atoms with van der Waals surface area (Å²) in [6, 6.07) is 13.0. The Morgan fingerprint density at radius 1 is 1.12 bits per heavy atom. The molecular formula is C18H20Cl2N2O2. The summed E-state index contributed by atoms with van der Waals surface area (Å²) in [5, 5.41) is 3.57. The van der Waals surface area contributed by atoms with Crippen LogP contribution in [0.5, 0.6) is 5.75 Å². The molecule has 0 radical (unpaired) electrons. The molecule has 0 atom stereocenters. The summed E-state index contributed by atoms with van der Waals surface area (Å²) in [5.74, 6) is 0.643. The van der Waals surface area contributed by atoms with Crippen LogP contribution in [0.4, 0.5) is 5.69 Å². The van der Waals surface area contributed by atoms with Crippen molar-refractivity contribution in [3.8, 4) is 5.75 Å². The van der Waals surface area contributed by atoms with Gasteiger partial charge in [-0.1, -0.05) is 47.0 Å². The van der Waals surface area contributed by atoms with Crippen molar-refractivity contribution in [2.45, 2.75) is 6.92 Å². The van der Waals surface area contributed by atoms with Crippen molar-refractivity contribution in [2.24, 2.45) is 0 Å². The van der Waals surface area contributed by atoms with Crippen LogP contribution in [0, 0.1) is 6.92 Å². The van der Waals surface area contributed by atoms with Crippen molar-refractivity contribution in [3.05, 3.63) is 58.1 Å². The Balaban J connectivity index is 1.76. The molecule has 6 heteroatoms. The predicted octanol–water partition coefficient (Wildman–Crippen LogP) is 4.25. The van der Waals surface area contributed by atoms with E-state index in [-0.39, 0.29) is 12.5 Å². The highest BCUT2D eigenvalue weighted by atomic mass is 35.5. The van der Waals surface area contributed by atoms with Crippen LogP contribution in [0.25, 0.3) is 0 Å². The lowest BCUT2D eigenvalue weighted by atomic mass is 10.2. The lowest BCUT2D eigenvalue weighted by molar-refractivity contribution is -0.117. The van der Waals surface area contributed by atoms with Gasteiger partial charge in [-0.3, -0.25) is 9.69 Å². The minimum absolute atomic E-state index is 0.178. The van der Waals surface area contributed by atoms with E-state index in [1.54, 1.807) is 18.2 Å². The Morgan fingerprint density at radius 3 is 2.38 bits per heavy atom. The molecule has 0 aliphatic rings. The van der Waals surface area contributed by atoms with Crippen molar-refractivity contribution >= 4 is 34.8 Å². The Bertz CT molecular complexity index is 670. The van der Waals surface area contributed by atoms with Crippen LogP contribution in [0.15, 0.2) is 42.5 Å². The molecule has 0 heterocycles. The average molecular weight is 367 g/mol. The molecule has 0 saturated carbocycles. The van der Waals surface area contributed by atoms with Crippen molar-refractivity contribution in [3.63, 3.8) is 0 Å². The van der Waals surface area contributed by atoms with Gasteiger partial charge in [0.1, 0.15) is 12.4 Å².